The number of nitrogens with zero attached hydrogens (tertiary/aromatic N) is 3. The largest absolute Gasteiger partial charge is 0.474 e. The van der Waals surface area contributed by atoms with Gasteiger partial charge in [0.2, 0.25) is 5.75 Å². The lowest BCUT2D eigenvalue weighted by molar-refractivity contribution is -0.385. The van der Waals surface area contributed by atoms with E-state index in [0.717, 1.165) is 17.6 Å². The summed E-state index contributed by atoms with van der Waals surface area (Å²) in [7, 11) is 0. The summed E-state index contributed by atoms with van der Waals surface area (Å²) < 4.78 is 10.5. The van der Waals surface area contributed by atoms with E-state index in [0.29, 0.717) is 4.47 Å². The van der Waals surface area contributed by atoms with Crippen LogP contribution in [0.4, 0.5) is 5.69 Å². The number of halogens is 1. The highest BCUT2D eigenvalue weighted by Gasteiger charge is 2.59. The normalized spacial score (nSPS) is 26.1. The first-order valence-electron chi connectivity index (χ1n) is 9.68. The Bertz CT molecular complexity index is 1010. The number of ether oxygens (including phenoxy) is 2. The van der Waals surface area contributed by atoms with E-state index >= 15 is 0 Å². The summed E-state index contributed by atoms with van der Waals surface area (Å²) >= 11 is 3.19. The van der Waals surface area contributed by atoms with Gasteiger partial charge in [-0.2, -0.15) is 10.1 Å². The van der Waals surface area contributed by atoms with E-state index in [1.807, 2.05) is 12.2 Å². The molecule has 10 nitrogen and oxygen atoms in total. The minimum atomic E-state index is -0.691. The molecule has 1 heterocycles. The molecule has 1 aliphatic heterocycles. The van der Waals surface area contributed by atoms with Gasteiger partial charge in [-0.25, -0.2) is 4.79 Å². The molecule has 2 aliphatic carbocycles. The lowest BCUT2D eigenvalue weighted by Gasteiger charge is -2.13. The average Bonchev–Trinajstić information content (AvgIpc) is 3.40. The van der Waals surface area contributed by atoms with Gasteiger partial charge in [-0.1, -0.05) is 28.1 Å². The lowest BCUT2D eigenvalue weighted by atomic mass is 9.85. The van der Waals surface area contributed by atoms with Crippen molar-refractivity contribution < 1.29 is 28.8 Å². The van der Waals surface area contributed by atoms with Crippen molar-refractivity contribution >= 4 is 45.6 Å². The Morgan fingerprint density at radius 3 is 2.52 bits per heavy atom. The van der Waals surface area contributed by atoms with E-state index in [4.69, 9.17) is 9.47 Å². The molecule has 2 amide bonds. The highest BCUT2D eigenvalue weighted by Crippen LogP contribution is 2.52. The van der Waals surface area contributed by atoms with Gasteiger partial charge in [-0.3, -0.25) is 19.7 Å². The number of fused-ring (bicyclic) bond motifs is 5. The summed E-state index contributed by atoms with van der Waals surface area (Å²) in [5.74, 6) is -2.38. The third-order valence-corrected chi connectivity index (χ3v) is 6.12. The Kier molecular flexibility index (Phi) is 5.61. The first-order chi connectivity index (χ1) is 14.8. The van der Waals surface area contributed by atoms with Crippen LogP contribution in [0.1, 0.15) is 18.9 Å². The molecule has 0 spiro atoms. The number of allylic oxidation sites excluding steroid dienone is 2. The zero-order chi connectivity index (χ0) is 22.3. The van der Waals surface area contributed by atoms with E-state index in [9.17, 15) is 24.5 Å². The van der Waals surface area contributed by atoms with Crippen molar-refractivity contribution in [1.29, 1.82) is 0 Å². The van der Waals surface area contributed by atoms with Crippen molar-refractivity contribution in [2.45, 2.75) is 13.3 Å². The van der Waals surface area contributed by atoms with Crippen molar-refractivity contribution in [1.82, 2.24) is 5.01 Å². The fraction of sp³-hybridized carbons (Fsp3) is 0.400. The van der Waals surface area contributed by atoms with Crippen LogP contribution in [-0.2, 0) is 19.1 Å². The van der Waals surface area contributed by atoms with Crippen LogP contribution >= 0.6 is 15.9 Å². The smallest absolute Gasteiger partial charge is 0.344 e. The van der Waals surface area contributed by atoms with Crippen LogP contribution in [0.15, 0.2) is 33.9 Å². The standard InChI is InChI=1S/C20H18BrN3O7/c1-2-30-15(25)9-31-18-12(6-13(21)7-14(18)24(28)29)8-22-23-19(26)16-10-3-4-11(5-10)17(16)20(23)27/h3-4,6-8,10-11,16-17H,2,5,9H2,1H3/t10-,11-,16-,17+/m0/s1. The van der Waals surface area contributed by atoms with Crippen LogP contribution in [-0.4, -0.2) is 47.1 Å². The summed E-state index contributed by atoms with van der Waals surface area (Å²) in [5, 5.41) is 16.4. The number of imide groups is 1. The van der Waals surface area contributed by atoms with Crippen molar-refractivity contribution in [3.63, 3.8) is 0 Å². The highest BCUT2D eigenvalue weighted by atomic mass is 79.9. The molecule has 1 saturated heterocycles. The fourth-order valence-corrected chi connectivity index (χ4v) is 4.91. The molecule has 162 valence electrons. The molecule has 11 heteroatoms. The van der Waals surface area contributed by atoms with E-state index in [1.54, 1.807) is 6.92 Å². The molecule has 31 heavy (non-hydrogen) atoms. The molecule has 1 aromatic rings. The number of carbonyl (C=O) groups excluding carboxylic acids is 3. The number of esters is 1. The lowest BCUT2D eigenvalue weighted by Crippen LogP contribution is -2.28. The number of nitro groups is 1. The number of benzene rings is 1. The first-order valence-corrected chi connectivity index (χ1v) is 10.5. The van der Waals surface area contributed by atoms with Crippen LogP contribution in [0, 0.1) is 33.8 Å². The number of nitro benzene ring substituents is 1. The quantitative estimate of drug-likeness (QED) is 0.143. The van der Waals surface area contributed by atoms with Gasteiger partial charge < -0.3 is 9.47 Å². The minimum Gasteiger partial charge on any atom is -0.474 e. The molecule has 0 unspecified atom stereocenters. The Morgan fingerprint density at radius 2 is 1.94 bits per heavy atom. The van der Waals surface area contributed by atoms with Crippen LogP contribution in [0.25, 0.3) is 0 Å². The van der Waals surface area contributed by atoms with E-state index in [1.165, 1.54) is 12.1 Å². The van der Waals surface area contributed by atoms with Gasteiger partial charge in [0.25, 0.3) is 11.8 Å². The molecule has 2 bridgehead atoms. The zero-order valence-corrected chi connectivity index (χ0v) is 18.0. The third-order valence-electron chi connectivity index (χ3n) is 5.66. The summed E-state index contributed by atoms with van der Waals surface area (Å²) in [6.45, 7) is 1.22. The minimum absolute atomic E-state index is 0.0436. The number of rotatable bonds is 7. The Balaban J connectivity index is 1.62. The first kappa shape index (κ1) is 21.2. The van der Waals surface area contributed by atoms with Crippen molar-refractivity contribution in [2.75, 3.05) is 13.2 Å². The molecule has 4 rings (SSSR count). The van der Waals surface area contributed by atoms with Gasteiger partial charge >= 0.3 is 11.7 Å². The maximum atomic E-state index is 12.8. The second-order valence-corrected chi connectivity index (χ2v) is 8.34. The molecule has 1 saturated carbocycles. The molecule has 1 aromatic carbocycles. The monoisotopic (exact) mass is 491 g/mol. The van der Waals surface area contributed by atoms with E-state index in [-0.39, 0.29) is 41.6 Å². The predicted molar refractivity (Wildman–Crippen MR) is 110 cm³/mol. The molecule has 0 radical (unpaired) electrons. The van der Waals surface area contributed by atoms with Crippen LogP contribution < -0.4 is 4.74 Å². The summed E-state index contributed by atoms with van der Waals surface area (Å²) in [6.07, 6.45) is 5.91. The molecule has 0 aromatic heterocycles. The SMILES string of the molecule is CCOC(=O)COc1c(C=NN2C(=O)[C@@H]3[C@H](C2=O)[C@H]2C=C[C@H]3C2)cc(Br)cc1[N+](=O)[O-]. The number of hydrogen-bond donors (Lipinski definition) is 0. The maximum Gasteiger partial charge on any atom is 0.344 e. The van der Waals surface area contributed by atoms with E-state index in [2.05, 4.69) is 21.0 Å². The molecule has 0 N–H and O–H groups in total. The van der Waals surface area contributed by atoms with Crippen molar-refractivity contribution in [2.24, 2.45) is 28.8 Å². The fourth-order valence-electron chi connectivity index (χ4n) is 4.44. The number of hydrogen-bond acceptors (Lipinski definition) is 8. The Morgan fingerprint density at radius 1 is 1.29 bits per heavy atom. The third kappa shape index (κ3) is 3.73. The summed E-state index contributed by atoms with van der Waals surface area (Å²) in [5.41, 5.74) is -0.276. The maximum absolute atomic E-state index is 12.8. The molecule has 2 fully saturated rings. The summed E-state index contributed by atoms with van der Waals surface area (Å²) in [6, 6.07) is 2.70. The Labute approximate surface area is 185 Å². The van der Waals surface area contributed by atoms with E-state index < -0.39 is 35.0 Å². The van der Waals surface area contributed by atoms with Gasteiger partial charge in [-0.05, 0) is 31.2 Å². The second-order valence-electron chi connectivity index (χ2n) is 7.43. The molecule has 3 aliphatic rings. The van der Waals surface area contributed by atoms with Crippen molar-refractivity contribution in [3.05, 3.63) is 44.4 Å². The molecular formula is C20H18BrN3O7. The zero-order valence-electron chi connectivity index (χ0n) is 16.4. The topological polar surface area (TPSA) is 128 Å². The molecular weight excluding hydrogens is 474 g/mol. The highest BCUT2D eigenvalue weighted by molar-refractivity contribution is 9.10. The number of carbonyl (C=O) groups is 3. The van der Waals surface area contributed by atoms with Gasteiger partial charge in [0, 0.05) is 16.1 Å². The average molecular weight is 492 g/mol. The van der Waals surface area contributed by atoms with Gasteiger partial charge in [0.15, 0.2) is 6.61 Å². The number of amides is 2. The van der Waals surface area contributed by atoms with Gasteiger partial charge in [0.05, 0.1) is 29.6 Å². The van der Waals surface area contributed by atoms with Crippen LogP contribution in [0.2, 0.25) is 0 Å². The van der Waals surface area contributed by atoms with Crippen LogP contribution in [0.5, 0.6) is 5.75 Å². The summed E-state index contributed by atoms with van der Waals surface area (Å²) in [4.78, 5) is 48.0. The second kappa shape index (κ2) is 8.22. The molecule has 4 atom stereocenters. The number of hydrazone groups is 1. The van der Waals surface area contributed by atoms with Gasteiger partial charge in [0.1, 0.15) is 0 Å². The van der Waals surface area contributed by atoms with Crippen LogP contribution in [0.3, 0.4) is 0 Å². The van der Waals surface area contributed by atoms with Gasteiger partial charge in [-0.15, -0.1) is 0 Å². The van der Waals surface area contributed by atoms with Crippen molar-refractivity contribution in [3.8, 4) is 5.75 Å². The Hall–Kier alpha value is -3.08. The predicted octanol–water partition coefficient (Wildman–Crippen LogP) is 2.44.